The third-order valence-electron chi connectivity index (χ3n) is 9.13. The number of nitrogens with two attached hydrogens (primary N) is 1. The van der Waals surface area contributed by atoms with E-state index in [4.69, 9.17) is 22.1 Å². The fourth-order valence-corrected chi connectivity index (χ4v) is 6.97. The number of halogens is 1. The molecule has 244 valence electrons. The molecule has 10 heteroatoms. The molecule has 2 aliphatic rings. The molecule has 1 aliphatic carbocycles. The van der Waals surface area contributed by atoms with E-state index < -0.39 is 18.0 Å². The van der Waals surface area contributed by atoms with Gasteiger partial charge in [0.15, 0.2) is 0 Å². The lowest BCUT2D eigenvalue weighted by Gasteiger charge is -2.44. The topological polar surface area (TPSA) is 122 Å². The number of phenolic OH excluding ortho intramolecular Hbond substituents is 1. The van der Waals surface area contributed by atoms with E-state index >= 15 is 0 Å². The summed E-state index contributed by atoms with van der Waals surface area (Å²) in [5, 5.41) is 13.2. The minimum Gasteiger partial charge on any atom is -0.508 e. The van der Waals surface area contributed by atoms with Crippen molar-refractivity contribution >= 4 is 35.2 Å². The summed E-state index contributed by atoms with van der Waals surface area (Å²) in [5.74, 6) is -0.217. The summed E-state index contributed by atoms with van der Waals surface area (Å²) < 4.78 is 6.25. The second kappa shape index (κ2) is 15.1. The molecular weight excluding hydrogens is 604 g/mol. The van der Waals surface area contributed by atoms with Crippen molar-refractivity contribution < 1.29 is 28.7 Å². The van der Waals surface area contributed by atoms with Gasteiger partial charge in [-0.2, -0.15) is 0 Å². The molecule has 3 amide bonds. The molecule has 2 fully saturated rings. The number of aromatic hydroxyl groups is 1. The predicted molar refractivity (Wildman–Crippen MR) is 178 cm³/mol. The van der Waals surface area contributed by atoms with Crippen molar-refractivity contribution in [2.45, 2.75) is 70.0 Å². The van der Waals surface area contributed by atoms with Gasteiger partial charge in [-0.05, 0) is 86.2 Å². The SMILES string of the molecule is C[N+]1(Cc2cccc(Cl)c2)CCC[C@H](N(C(=O)Nc2ccc(OC(=O)C3CCCCC3)cc2)C(=O)[C@@H](N)Cc2ccc(O)cc2)C1. The van der Waals surface area contributed by atoms with Gasteiger partial charge in [-0.15, -0.1) is 0 Å². The summed E-state index contributed by atoms with van der Waals surface area (Å²) in [7, 11) is 2.14. The number of amides is 3. The summed E-state index contributed by atoms with van der Waals surface area (Å²) in [6.45, 7) is 2.17. The number of piperidine rings is 1. The maximum Gasteiger partial charge on any atom is 0.329 e. The van der Waals surface area contributed by atoms with E-state index in [1.165, 1.54) is 4.90 Å². The van der Waals surface area contributed by atoms with Crippen LogP contribution in [0.1, 0.15) is 56.1 Å². The van der Waals surface area contributed by atoms with Crippen LogP contribution >= 0.6 is 11.6 Å². The number of urea groups is 1. The van der Waals surface area contributed by atoms with E-state index in [0.29, 0.717) is 40.5 Å². The molecule has 1 unspecified atom stereocenters. The van der Waals surface area contributed by atoms with Crippen LogP contribution in [-0.2, 0) is 22.6 Å². The Morgan fingerprint density at radius 3 is 2.39 bits per heavy atom. The first-order valence-electron chi connectivity index (χ1n) is 16.2. The average molecular weight is 648 g/mol. The first-order valence-corrected chi connectivity index (χ1v) is 16.5. The molecule has 4 N–H and O–H groups in total. The molecule has 1 aliphatic heterocycles. The monoisotopic (exact) mass is 647 g/mol. The number of nitrogens with one attached hydrogen (secondary N) is 1. The first kappa shape index (κ1) is 33.4. The third-order valence-corrected chi connectivity index (χ3v) is 9.37. The van der Waals surface area contributed by atoms with Gasteiger partial charge in [-0.1, -0.05) is 55.1 Å². The lowest BCUT2D eigenvalue weighted by Crippen LogP contribution is -2.62. The summed E-state index contributed by atoms with van der Waals surface area (Å²) in [4.78, 5) is 41.8. The number of benzene rings is 3. The summed E-state index contributed by atoms with van der Waals surface area (Å²) in [6, 6.07) is 19.0. The van der Waals surface area contributed by atoms with Crippen molar-refractivity contribution in [2.24, 2.45) is 11.7 Å². The third kappa shape index (κ3) is 8.87. The van der Waals surface area contributed by atoms with Crippen LogP contribution in [0.2, 0.25) is 5.02 Å². The van der Waals surface area contributed by atoms with Gasteiger partial charge in [0.2, 0.25) is 5.91 Å². The van der Waals surface area contributed by atoms with E-state index in [1.807, 2.05) is 24.3 Å². The highest BCUT2D eigenvalue weighted by molar-refractivity contribution is 6.30. The fourth-order valence-electron chi connectivity index (χ4n) is 6.76. The number of carbonyl (C=O) groups is 3. The number of phenols is 1. The lowest BCUT2D eigenvalue weighted by molar-refractivity contribution is -0.928. The van der Waals surface area contributed by atoms with Gasteiger partial charge < -0.3 is 25.4 Å². The zero-order valence-corrected chi connectivity index (χ0v) is 27.1. The number of likely N-dealkylation sites (tertiary alicyclic amines) is 1. The van der Waals surface area contributed by atoms with Crippen LogP contribution in [0.4, 0.5) is 10.5 Å². The lowest BCUT2D eigenvalue weighted by atomic mass is 9.89. The Morgan fingerprint density at radius 1 is 0.978 bits per heavy atom. The van der Waals surface area contributed by atoms with E-state index in [2.05, 4.69) is 12.4 Å². The van der Waals surface area contributed by atoms with Gasteiger partial charge in [0, 0.05) is 16.3 Å². The molecule has 1 saturated heterocycles. The Labute approximate surface area is 275 Å². The Hall–Kier alpha value is -3.92. The van der Waals surface area contributed by atoms with Gasteiger partial charge in [0.05, 0.1) is 31.6 Å². The smallest absolute Gasteiger partial charge is 0.329 e. The van der Waals surface area contributed by atoms with E-state index in [-0.39, 0.29) is 30.1 Å². The van der Waals surface area contributed by atoms with Crippen molar-refractivity contribution in [3.63, 3.8) is 0 Å². The quantitative estimate of drug-likeness (QED) is 0.143. The van der Waals surface area contributed by atoms with Crippen molar-refractivity contribution in [1.82, 2.24) is 4.90 Å². The van der Waals surface area contributed by atoms with Gasteiger partial charge in [-0.3, -0.25) is 14.5 Å². The number of imide groups is 1. The number of hydrogen-bond acceptors (Lipinski definition) is 6. The Morgan fingerprint density at radius 2 is 1.70 bits per heavy atom. The number of rotatable bonds is 9. The van der Waals surface area contributed by atoms with Crippen LogP contribution in [0.25, 0.3) is 0 Å². The normalized spacial score (nSPS) is 20.8. The number of nitrogens with zero attached hydrogens (tertiary/aromatic N) is 2. The number of esters is 1. The number of likely N-dealkylation sites (N-methyl/N-ethyl adjacent to an activating group) is 1. The number of hydrogen-bond donors (Lipinski definition) is 3. The molecule has 1 saturated carbocycles. The number of carbonyl (C=O) groups excluding carboxylic acids is 3. The van der Waals surface area contributed by atoms with E-state index in [0.717, 1.165) is 56.2 Å². The minimum atomic E-state index is -0.967. The first-order chi connectivity index (χ1) is 22.1. The number of quaternary nitrogens is 1. The second-order valence-corrected chi connectivity index (χ2v) is 13.4. The van der Waals surface area contributed by atoms with Crippen molar-refractivity contribution in [2.75, 3.05) is 25.5 Å². The van der Waals surface area contributed by atoms with Gasteiger partial charge in [0.25, 0.3) is 0 Å². The molecule has 0 bridgehead atoms. The molecule has 9 nitrogen and oxygen atoms in total. The van der Waals surface area contributed by atoms with Gasteiger partial charge >= 0.3 is 12.0 Å². The molecule has 46 heavy (non-hydrogen) atoms. The number of ether oxygens (including phenoxy) is 1. The van der Waals surface area contributed by atoms with E-state index in [9.17, 15) is 19.5 Å². The van der Waals surface area contributed by atoms with Crippen LogP contribution in [0.15, 0.2) is 72.8 Å². The van der Waals surface area contributed by atoms with E-state index in [1.54, 1.807) is 48.5 Å². The standard InChI is InChI=1S/C36H43ClN4O5/c1-41(23-26-7-5-10-28(37)21-26)20-6-11-30(24-41)40(34(43)33(38)22-25-12-16-31(42)17-13-25)36(45)39-29-14-18-32(19-15-29)46-35(44)27-8-3-2-4-9-27/h5,7,10,12-19,21,27,30,33H,2-4,6,8-9,11,20,22-24,38H2,1H3,(H-,39,42,45)/p+1/t30-,33-,41?/m0/s1. The summed E-state index contributed by atoms with van der Waals surface area (Å²) in [6.07, 6.45) is 6.63. The van der Waals surface area contributed by atoms with Crippen LogP contribution in [0.3, 0.4) is 0 Å². The van der Waals surface area contributed by atoms with Gasteiger partial charge in [-0.25, -0.2) is 4.79 Å². The molecule has 3 atom stereocenters. The molecule has 5 rings (SSSR count). The Balaban J connectivity index is 1.32. The molecule has 0 spiro atoms. The predicted octanol–water partition coefficient (Wildman–Crippen LogP) is 6.27. The van der Waals surface area contributed by atoms with Crippen LogP contribution < -0.4 is 15.8 Å². The van der Waals surface area contributed by atoms with Crippen LogP contribution in [-0.4, -0.2) is 64.6 Å². The van der Waals surface area contributed by atoms with Crippen molar-refractivity contribution in [3.05, 3.63) is 88.9 Å². The van der Waals surface area contributed by atoms with Crippen LogP contribution in [0, 0.1) is 5.92 Å². The van der Waals surface area contributed by atoms with Crippen molar-refractivity contribution in [1.29, 1.82) is 0 Å². The second-order valence-electron chi connectivity index (χ2n) is 13.0. The van der Waals surface area contributed by atoms with Gasteiger partial charge in [0.1, 0.15) is 24.6 Å². The maximum atomic E-state index is 14.0. The van der Waals surface area contributed by atoms with Crippen molar-refractivity contribution in [3.8, 4) is 11.5 Å². The molecule has 1 heterocycles. The Kier molecular flexibility index (Phi) is 11.0. The summed E-state index contributed by atoms with van der Waals surface area (Å²) in [5.41, 5.74) is 8.80. The highest BCUT2D eigenvalue weighted by atomic mass is 35.5. The average Bonchev–Trinajstić information content (AvgIpc) is 3.03. The number of anilines is 1. The fraction of sp³-hybridized carbons (Fsp3) is 0.417. The minimum absolute atomic E-state index is 0.0723. The Bertz CT molecular complexity index is 1510. The summed E-state index contributed by atoms with van der Waals surface area (Å²) >= 11 is 6.26. The molecule has 0 radical (unpaired) electrons. The zero-order chi connectivity index (χ0) is 32.7. The molecule has 3 aromatic carbocycles. The largest absolute Gasteiger partial charge is 0.508 e. The molecular formula is C36H44ClN4O5+. The maximum absolute atomic E-state index is 14.0. The highest BCUT2D eigenvalue weighted by Gasteiger charge is 2.41. The highest BCUT2D eigenvalue weighted by Crippen LogP contribution is 2.28. The molecule has 3 aromatic rings. The molecule has 0 aromatic heterocycles. The van der Waals surface area contributed by atoms with Crippen LogP contribution in [0.5, 0.6) is 11.5 Å². The zero-order valence-electron chi connectivity index (χ0n) is 26.4.